The Hall–Kier alpha value is -0.440. The van der Waals surface area contributed by atoms with Crippen LogP contribution >= 0.6 is 11.8 Å². The SMILES string of the molecule is C1=NCNC(CSC2CCCCC2)=C1. The number of hydrogen-bond acceptors (Lipinski definition) is 3. The Kier molecular flexibility index (Phi) is 3.92. The van der Waals surface area contributed by atoms with Crippen LogP contribution in [-0.4, -0.2) is 23.9 Å². The van der Waals surface area contributed by atoms with Crippen LogP contribution in [0.3, 0.4) is 0 Å². The van der Waals surface area contributed by atoms with Crippen LogP contribution in [0, 0.1) is 0 Å². The van der Waals surface area contributed by atoms with Crippen LogP contribution in [-0.2, 0) is 0 Å². The van der Waals surface area contributed by atoms with E-state index in [0.29, 0.717) is 0 Å². The summed E-state index contributed by atoms with van der Waals surface area (Å²) in [6.07, 6.45) is 11.2. The smallest absolute Gasteiger partial charge is 0.107 e. The van der Waals surface area contributed by atoms with Crippen LogP contribution in [0.2, 0.25) is 0 Å². The highest BCUT2D eigenvalue weighted by Gasteiger charge is 2.14. The molecule has 2 rings (SSSR count). The van der Waals surface area contributed by atoms with Crippen LogP contribution in [0.1, 0.15) is 32.1 Å². The summed E-state index contributed by atoms with van der Waals surface area (Å²) in [5.74, 6) is 1.14. The zero-order valence-electron chi connectivity index (χ0n) is 8.54. The van der Waals surface area contributed by atoms with Crippen molar-refractivity contribution in [1.82, 2.24) is 5.32 Å². The fourth-order valence-electron chi connectivity index (χ4n) is 1.94. The molecule has 0 aromatic carbocycles. The number of hydrogen-bond donors (Lipinski definition) is 1. The molecule has 1 heterocycles. The molecule has 14 heavy (non-hydrogen) atoms. The van der Waals surface area contributed by atoms with Crippen molar-refractivity contribution in [2.24, 2.45) is 4.99 Å². The molecule has 0 unspecified atom stereocenters. The molecule has 2 nitrogen and oxygen atoms in total. The van der Waals surface area contributed by atoms with Crippen LogP contribution in [0.25, 0.3) is 0 Å². The number of nitrogens with zero attached hydrogens (tertiary/aromatic N) is 1. The lowest BCUT2D eigenvalue weighted by Gasteiger charge is -2.22. The van der Waals surface area contributed by atoms with Crippen LogP contribution in [0.4, 0.5) is 0 Å². The molecule has 0 aromatic rings. The lowest BCUT2D eigenvalue weighted by Crippen LogP contribution is -2.20. The average molecular weight is 210 g/mol. The van der Waals surface area contributed by atoms with E-state index in [1.165, 1.54) is 37.8 Å². The van der Waals surface area contributed by atoms with E-state index in [1.54, 1.807) is 0 Å². The average Bonchev–Trinajstić information content (AvgIpc) is 2.29. The first-order valence-corrected chi connectivity index (χ1v) is 6.54. The number of allylic oxidation sites excluding steroid dienone is 1. The van der Waals surface area contributed by atoms with Crippen molar-refractivity contribution >= 4 is 18.0 Å². The molecule has 2 aliphatic rings. The Morgan fingerprint density at radius 1 is 1.36 bits per heavy atom. The molecule has 1 fully saturated rings. The molecular weight excluding hydrogens is 192 g/mol. The van der Waals surface area contributed by atoms with E-state index in [-0.39, 0.29) is 0 Å². The highest BCUT2D eigenvalue weighted by molar-refractivity contribution is 8.00. The van der Waals surface area contributed by atoms with Crippen molar-refractivity contribution in [3.05, 3.63) is 11.8 Å². The van der Waals surface area contributed by atoms with Gasteiger partial charge in [0.1, 0.15) is 6.67 Å². The van der Waals surface area contributed by atoms with E-state index in [4.69, 9.17) is 0 Å². The number of thioether (sulfide) groups is 1. The van der Waals surface area contributed by atoms with Crippen molar-refractivity contribution in [2.75, 3.05) is 12.4 Å². The van der Waals surface area contributed by atoms with E-state index in [2.05, 4.69) is 28.1 Å². The maximum atomic E-state index is 4.10. The predicted octanol–water partition coefficient (Wildman–Crippen LogP) is 2.57. The molecule has 1 aliphatic heterocycles. The normalized spacial score (nSPS) is 23.0. The first-order valence-electron chi connectivity index (χ1n) is 5.49. The van der Waals surface area contributed by atoms with E-state index in [0.717, 1.165) is 17.7 Å². The Morgan fingerprint density at radius 2 is 2.21 bits per heavy atom. The van der Waals surface area contributed by atoms with Gasteiger partial charge in [-0.3, -0.25) is 4.99 Å². The summed E-state index contributed by atoms with van der Waals surface area (Å²) in [5.41, 5.74) is 1.34. The zero-order valence-corrected chi connectivity index (χ0v) is 9.35. The summed E-state index contributed by atoms with van der Waals surface area (Å²) in [4.78, 5) is 4.10. The summed E-state index contributed by atoms with van der Waals surface area (Å²) >= 11 is 2.11. The minimum absolute atomic E-state index is 0.761. The molecule has 3 heteroatoms. The first kappa shape index (κ1) is 10.1. The van der Waals surface area contributed by atoms with Gasteiger partial charge in [0.25, 0.3) is 0 Å². The highest BCUT2D eigenvalue weighted by Crippen LogP contribution is 2.28. The summed E-state index contributed by atoms with van der Waals surface area (Å²) in [5, 5.41) is 4.21. The predicted molar refractivity (Wildman–Crippen MR) is 63.9 cm³/mol. The van der Waals surface area contributed by atoms with Gasteiger partial charge in [0.2, 0.25) is 0 Å². The zero-order chi connectivity index (χ0) is 9.64. The van der Waals surface area contributed by atoms with Crippen molar-refractivity contribution in [2.45, 2.75) is 37.4 Å². The Labute approximate surface area is 90.3 Å². The molecule has 78 valence electrons. The lowest BCUT2D eigenvalue weighted by atomic mass is 10.0. The van der Waals surface area contributed by atoms with E-state index in [9.17, 15) is 0 Å². The number of nitrogens with one attached hydrogen (secondary N) is 1. The van der Waals surface area contributed by atoms with Gasteiger partial charge < -0.3 is 5.32 Å². The molecule has 0 atom stereocenters. The molecule has 0 radical (unpaired) electrons. The maximum absolute atomic E-state index is 4.10. The molecular formula is C11H18N2S. The third-order valence-electron chi connectivity index (χ3n) is 2.81. The van der Waals surface area contributed by atoms with Crippen LogP contribution < -0.4 is 5.32 Å². The number of aliphatic imine (C=N–C) groups is 1. The van der Waals surface area contributed by atoms with Crippen LogP contribution in [0.5, 0.6) is 0 Å². The van der Waals surface area contributed by atoms with Gasteiger partial charge in [0.15, 0.2) is 0 Å². The van der Waals surface area contributed by atoms with Crippen molar-refractivity contribution in [1.29, 1.82) is 0 Å². The third-order valence-corrected chi connectivity index (χ3v) is 4.23. The van der Waals surface area contributed by atoms with Crippen molar-refractivity contribution in [3.8, 4) is 0 Å². The third kappa shape index (κ3) is 3.05. The summed E-state index contributed by atoms with van der Waals surface area (Å²) in [6.45, 7) is 0.761. The van der Waals surface area contributed by atoms with E-state index < -0.39 is 0 Å². The summed E-state index contributed by atoms with van der Waals surface area (Å²) in [6, 6.07) is 0. The highest BCUT2D eigenvalue weighted by atomic mass is 32.2. The van der Waals surface area contributed by atoms with Crippen molar-refractivity contribution in [3.63, 3.8) is 0 Å². The second kappa shape index (κ2) is 5.44. The van der Waals surface area contributed by atoms with Gasteiger partial charge in [-0.2, -0.15) is 11.8 Å². The maximum Gasteiger partial charge on any atom is 0.107 e. The molecule has 0 amide bonds. The monoisotopic (exact) mass is 210 g/mol. The molecule has 1 saturated carbocycles. The second-order valence-electron chi connectivity index (χ2n) is 3.93. The van der Waals surface area contributed by atoms with Gasteiger partial charge in [0.05, 0.1) is 0 Å². The minimum Gasteiger partial charge on any atom is -0.369 e. The van der Waals surface area contributed by atoms with E-state index in [1.807, 2.05) is 6.21 Å². The van der Waals surface area contributed by atoms with Gasteiger partial charge in [-0.25, -0.2) is 0 Å². The fourth-order valence-corrected chi connectivity index (χ4v) is 3.22. The largest absolute Gasteiger partial charge is 0.369 e. The molecule has 0 bridgehead atoms. The van der Waals surface area contributed by atoms with Gasteiger partial charge in [-0.1, -0.05) is 19.3 Å². The van der Waals surface area contributed by atoms with Gasteiger partial charge in [-0.15, -0.1) is 0 Å². The quantitative estimate of drug-likeness (QED) is 0.774. The molecule has 0 spiro atoms. The minimum atomic E-state index is 0.761. The van der Waals surface area contributed by atoms with Gasteiger partial charge in [0, 0.05) is 22.9 Å². The summed E-state index contributed by atoms with van der Waals surface area (Å²) < 4.78 is 0. The molecule has 0 saturated heterocycles. The lowest BCUT2D eigenvalue weighted by molar-refractivity contribution is 0.516. The molecule has 0 aromatic heterocycles. The summed E-state index contributed by atoms with van der Waals surface area (Å²) in [7, 11) is 0. The van der Waals surface area contributed by atoms with Gasteiger partial charge in [-0.05, 0) is 18.9 Å². The molecule has 1 N–H and O–H groups in total. The number of rotatable bonds is 3. The Bertz CT molecular complexity index is 229. The topological polar surface area (TPSA) is 24.4 Å². The van der Waals surface area contributed by atoms with Crippen LogP contribution in [0.15, 0.2) is 16.8 Å². The fraction of sp³-hybridized carbons (Fsp3) is 0.727. The Morgan fingerprint density at radius 3 is 2.93 bits per heavy atom. The second-order valence-corrected chi connectivity index (χ2v) is 5.22. The molecule has 1 aliphatic carbocycles. The Balaban J connectivity index is 1.70. The van der Waals surface area contributed by atoms with Gasteiger partial charge >= 0.3 is 0 Å². The van der Waals surface area contributed by atoms with Crippen molar-refractivity contribution < 1.29 is 0 Å². The first-order chi connectivity index (χ1) is 6.95. The standard InChI is InChI=1S/C11H18N2S/c1-2-4-11(5-3-1)14-8-10-6-7-12-9-13-10/h6-7,11,13H,1-5,8-9H2. The van der Waals surface area contributed by atoms with E-state index >= 15 is 0 Å².